The molecule has 1 amide bonds. The molecule has 7 nitrogen and oxygen atoms in total. The van der Waals surface area contributed by atoms with E-state index in [0.29, 0.717) is 45.5 Å². The molecule has 1 N–H and O–H groups in total. The summed E-state index contributed by atoms with van der Waals surface area (Å²) in [6.45, 7) is 0.469. The summed E-state index contributed by atoms with van der Waals surface area (Å²) in [6, 6.07) is 31.5. The molecule has 0 fully saturated rings. The maximum absolute atomic E-state index is 13.4. The van der Waals surface area contributed by atoms with Gasteiger partial charge in [-0.05, 0) is 54.1 Å². The molecule has 0 saturated heterocycles. The Bertz CT molecular complexity index is 1620. The van der Waals surface area contributed by atoms with Gasteiger partial charge in [-0.3, -0.25) is 14.2 Å². The fraction of sp³-hybridized carbons (Fsp3) is 0.100. The number of hydrogen-bond donors (Lipinski definition) is 1. The number of nitrogens with one attached hydrogen (secondary N) is 1. The minimum Gasteiger partial charge on any atom is -0.497 e. The summed E-state index contributed by atoms with van der Waals surface area (Å²) < 4.78 is 12.7. The number of hydrogen-bond acceptors (Lipinski definition) is 6. The number of fused-ring (bicyclic) bond motifs is 1. The van der Waals surface area contributed by atoms with Gasteiger partial charge in [0.25, 0.3) is 5.56 Å². The Labute approximate surface area is 224 Å². The Kier molecular flexibility index (Phi) is 7.70. The number of para-hydroxylation sites is 1. The summed E-state index contributed by atoms with van der Waals surface area (Å²) in [5, 5.41) is 3.81. The van der Waals surface area contributed by atoms with Gasteiger partial charge in [0.05, 0.1) is 29.5 Å². The zero-order valence-electron chi connectivity index (χ0n) is 20.7. The molecule has 0 spiro atoms. The number of amides is 1. The Morgan fingerprint density at radius 1 is 0.895 bits per heavy atom. The third-order valence-corrected chi connectivity index (χ3v) is 6.71. The monoisotopic (exact) mass is 523 g/mol. The minimum atomic E-state index is -0.215. The molecular weight excluding hydrogens is 498 g/mol. The molecule has 0 aliphatic rings. The summed E-state index contributed by atoms with van der Waals surface area (Å²) in [5.41, 5.74) is 2.71. The van der Waals surface area contributed by atoms with Crippen molar-refractivity contribution in [3.8, 4) is 17.2 Å². The van der Waals surface area contributed by atoms with Crippen LogP contribution in [0.5, 0.6) is 11.5 Å². The topological polar surface area (TPSA) is 82.4 Å². The van der Waals surface area contributed by atoms with Crippen LogP contribution in [0.3, 0.4) is 0 Å². The van der Waals surface area contributed by atoms with Crippen LogP contribution in [-0.4, -0.2) is 28.3 Å². The predicted molar refractivity (Wildman–Crippen MR) is 150 cm³/mol. The van der Waals surface area contributed by atoms with Crippen molar-refractivity contribution >= 4 is 34.3 Å². The average Bonchev–Trinajstić information content (AvgIpc) is 2.96. The van der Waals surface area contributed by atoms with Gasteiger partial charge < -0.3 is 14.8 Å². The predicted octanol–water partition coefficient (Wildman–Crippen LogP) is 5.70. The van der Waals surface area contributed by atoms with E-state index >= 15 is 0 Å². The second kappa shape index (κ2) is 11.7. The zero-order valence-corrected chi connectivity index (χ0v) is 21.5. The molecule has 0 aliphatic carbocycles. The highest BCUT2D eigenvalue weighted by Crippen LogP contribution is 2.24. The van der Waals surface area contributed by atoms with Crippen LogP contribution in [0.2, 0.25) is 0 Å². The summed E-state index contributed by atoms with van der Waals surface area (Å²) in [5.74, 6) is 1.19. The number of aromatic nitrogens is 2. The van der Waals surface area contributed by atoms with Crippen molar-refractivity contribution < 1.29 is 14.3 Å². The largest absolute Gasteiger partial charge is 0.497 e. The highest BCUT2D eigenvalue weighted by Gasteiger charge is 2.15. The summed E-state index contributed by atoms with van der Waals surface area (Å²) in [7, 11) is 1.57. The first-order chi connectivity index (χ1) is 18.6. The van der Waals surface area contributed by atoms with E-state index in [1.54, 1.807) is 49.6 Å². The van der Waals surface area contributed by atoms with E-state index in [1.165, 1.54) is 16.3 Å². The molecule has 0 atom stereocenters. The number of rotatable bonds is 9. The first-order valence-electron chi connectivity index (χ1n) is 12.0. The number of ether oxygens (including phenoxy) is 2. The summed E-state index contributed by atoms with van der Waals surface area (Å²) in [4.78, 5) is 30.9. The SMILES string of the molecule is COc1cccc(-n2c(SCC(=O)Nc3ccc(OCc4ccccc4)cc3)nc3ccccc3c2=O)c1. The molecule has 190 valence electrons. The number of carbonyl (C=O) groups excluding carboxylic acids is 1. The average molecular weight is 524 g/mol. The molecule has 0 unspecified atom stereocenters. The standard InChI is InChI=1S/C30H25N3O4S/c1-36-25-11-7-10-23(18-25)33-29(35)26-12-5-6-13-27(26)32-30(33)38-20-28(34)31-22-14-16-24(17-15-22)37-19-21-8-3-2-4-9-21/h2-18H,19-20H2,1H3,(H,31,34). The van der Waals surface area contributed by atoms with Crippen LogP contribution in [0, 0.1) is 0 Å². The van der Waals surface area contributed by atoms with E-state index in [2.05, 4.69) is 5.32 Å². The van der Waals surface area contributed by atoms with Gasteiger partial charge in [0, 0.05) is 11.8 Å². The van der Waals surface area contributed by atoms with Crippen LogP contribution in [0.4, 0.5) is 5.69 Å². The Balaban J connectivity index is 1.30. The van der Waals surface area contributed by atoms with Crippen molar-refractivity contribution in [2.75, 3.05) is 18.2 Å². The molecule has 5 rings (SSSR count). The number of thioether (sulfide) groups is 1. The number of methoxy groups -OCH3 is 1. The van der Waals surface area contributed by atoms with E-state index in [0.717, 1.165) is 5.56 Å². The van der Waals surface area contributed by atoms with Crippen LogP contribution in [0.1, 0.15) is 5.56 Å². The molecule has 0 saturated carbocycles. The van der Waals surface area contributed by atoms with Gasteiger partial charge in [-0.2, -0.15) is 0 Å². The number of anilines is 1. The van der Waals surface area contributed by atoms with Gasteiger partial charge in [0.2, 0.25) is 5.91 Å². The van der Waals surface area contributed by atoms with Crippen LogP contribution in [0.15, 0.2) is 113 Å². The van der Waals surface area contributed by atoms with Crippen molar-refractivity contribution in [1.29, 1.82) is 0 Å². The maximum Gasteiger partial charge on any atom is 0.266 e. The highest BCUT2D eigenvalue weighted by atomic mass is 32.2. The lowest BCUT2D eigenvalue weighted by Gasteiger charge is -2.14. The van der Waals surface area contributed by atoms with Crippen LogP contribution in [0.25, 0.3) is 16.6 Å². The molecule has 0 bridgehead atoms. The molecular formula is C30H25N3O4S. The summed E-state index contributed by atoms with van der Waals surface area (Å²) in [6.07, 6.45) is 0. The molecule has 1 heterocycles. The van der Waals surface area contributed by atoms with Gasteiger partial charge in [-0.15, -0.1) is 0 Å². The number of carbonyl (C=O) groups is 1. The quantitative estimate of drug-likeness (QED) is 0.197. The first-order valence-corrected chi connectivity index (χ1v) is 12.9. The second-order valence-electron chi connectivity index (χ2n) is 8.39. The smallest absolute Gasteiger partial charge is 0.266 e. The van der Waals surface area contributed by atoms with E-state index in [4.69, 9.17) is 14.5 Å². The van der Waals surface area contributed by atoms with Crippen molar-refractivity contribution in [2.24, 2.45) is 0 Å². The van der Waals surface area contributed by atoms with Gasteiger partial charge >= 0.3 is 0 Å². The summed E-state index contributed by atoms with van der Waals surface area (Å²) >= 11 is 1.19. The Hall–Kier alpha value is -4.56. The fourth-order valence-electron chi connectivity index (χ4n) is 3.89. The zero-order chi connectivity index (χ0) is 26.3. The van der Waals surface area contributed by atoms with Crippen LogP contribution >= 0.6 is 11.8 Å². The highest BCUT2D eigenvalue weighted by molar-refractivity contribution is 7.99. The lowest BCUT2D eigenvalue weighted by Crippen LogP contribution is -2.23. The first kappa shape index (κ1) is 25.1. The van der Waals surface area contributed by atoms with E-state index in [1.807, 2.05) is 60.7 Å². The second-order valence-corrected chi connectivity index (χ2v) is 9.33. The minimum absolute atomic E-state index is 0.0704. The molecule has 5 aromatic rings. The third kappa shape index (κ3) is 5.87. The Morgan fingerprint density at radius 2 is 1.66 bits per heavy atom. The lowest BCUT2D eigenvalue weighted by molar-refractivity contribution is -0.113. The van der Waals surface area contributed by atoms with Crippen molar-refractivity contribution in [2.45, 2.75) is 11.8 Å². The fourth-order valence-corrected chi connectivity index (χ4v) is 4.70. The molecule has 0 radical (unpaired) electrons. The molecule has 8 heteroatoms. The third-order valence-electron chi connectivity index (χ3n) is 5.78. The van der Waals surface area contributed by atoms with Crippen molar-refractivity contribution in [3.05, 3.63) is 119 Å². The van der Waals surface area contributed by atoms with Crippen LogP contribution < -0.4 is 20.3 Å². The van der Waals surface area contributed by atoms with Gasteiger partial charge in [-0.1, -0.05) is 60.3 Å². The van der Waals surface area contributed by atoms with E-state index in [9.17, 15) is 9.59 Å². The molecule has 38 heavy (non-hydrogen) atoms. The molecule has 4 aromatic carbocycles. The van der Waals surface area contributed by atoms with Crippen molar-refractivity contribution in [1.82, 2.24) is 9.55 Å². The van der Waals surface area contributed by atoms with Gasteiger partial charge in [0.1, 0.15) is 18.1 Å². The number of benzene rings is 4. The van der Waals surface area contributed by atoms with Crippen LogP contribution in [-0.2, 0) is 11.4 Å². The lowest BCUT2D eigenvalue weighted by atomic mass is 10.2. The van der Waals surface area contributed by atoms with Gasteiger partial charge in [0.15, 0.2) is 5.16 Å². The van der Waals surface area contributed by atoms with E-state index in [-0.39, 0.29) is 17.2 Å². The normalized spacial score (nSPS) is 10.8. The van der Waals surface area contributed by atoms with E-state index < -0.39 is 0 Å². The molecule has 0 aliphatic heterocycles. The van der Waals surface area contributed by atoms with Gasteiger partial charge in [-0.25, -0.2) is 4.98 Å². The van der Waals surface area contributed by atoms with Crippen molar-refractivity contribution in [3.63, 3.8) is 0 Å². The Morgan fingerprint density at radius 3 is 2.45 bits per heavy atom. The molecule has 1 aromatic heterocycles. The number of nitrogens with zero attached hydrogens (tertiary/aromatic N) is 2. The maximum atomic E-state index is 13.4.